The summed E-state index contributed by atoms with van der Waals surface area (Å²) in [7, 11) is 0. The van der Waals surface area contributed by atoms with E-state index in [1.54, 1.807) is 12.4 Å². The third kappa shape index (κ3) is 3.61. The van der Waals surface area contributed by atoms with Gasteiger partial charge in [-0.15, -0.1) is 0 Å². The number of nitrogens with zero attached hydrogens (tertiary/aromatic N) is 2. The molecule has 0 aliphatic rings. The lowest BCUT2D eigenvalue weighted by atomic mass is 9.85. The number of halogens is 1. The maximum atomic E-state index is 9.04. The third-order valence-corrected chi connectivity index (χ3v) is 2.70. The molecular formula is C11H18ClN3O. The van der Waals surface area contributed by atoms with Gasteiger partial charge in [0.05, 0.1) is 0 Å². The smallest absolute Gasteiger partial charge is 0.171 e. The lowest BCUT2D eigenvalue weighted by Crippen LogP contribution is -2.35. The van der Waals surface area contributed by atoms with Crippen molar-refractivity contribution in [3.8, 4) is 0 Å². The Morgan fingerprint density at radius 3 is 2.50 bits per heavy atom. The molecule has 5 heteroatoms. The van der Waals surface area contributed by atoms with Crippen LogP contribution in [0, 0.1) is 5.41 Å². The first-order chi connectivity index (χ1) is 7.45. The normalized spacial score (nSPS) is 13.6. The summed E-state index contributed by atoms with van der Waals surface area (Å²) in [6, 6.07) is 0.103. The Morgan fingerprint density at radius 2 is 2.00 bits per heavy atom. The molecule has 0 bridgehead atoms. The van der Waals surface area contributed by atoms with Gasteiger partial charge in [0, 0.05) is 25.0 Å². The van der Waals surface area contributed by atoms with E-state index in [9.17, 15) is 0 Å². The van der Waals surface area contributed by atoms with Crippen LogP contribution >= 0.6 is 11.6 Å². The minimum atomic E-state index is 0.0174. The van der Waals surface area contributed by atoms with Gasteiger partial charge >= 0.3 is 0 Å². The fraction of sp³-hybridized carbons (Fsp3) is 0.636. The Balaban J connectivity index is 2.80. The van der Waals surface area contributed by atoms with Crippen LogP contribution in [0.25, 0.3) is 0 Å². The van der Waals surface area contributed by atoms with Gasteiger partial charge in [-0.3, -0.25) is 0 Å². The van der Waals surface area contributed by atoms with Crippen LogP contribution < -0.4 is 5.32 Å². The summed E-state index contributed by atoms with van der Waals surface area (Å²) in [6.07, 6.45) is 3.79. The average Bonchev–Trinajstić information content (AvgIpc) is 2.19. The van der Waals surface area contributed by atoms with E-state index in [-0.39, 0.29) is 18.1 Å². The number of aliphatic hydroxyl groups excluding tert-OH is 1. The van der Waals surface area contributed by atoms with E-state index in [2.05, 4.69) is 36.1 Å². The predicted octanol–water partition coefficient (Wildman–Crippen LogP) is 2.34. The van der Waals surface area contributed by atoms with E-state index in [1.165, 1.54) is 0 Å². The second kappa shape index (κ2) is 5.46. The number of nitrogens with one attached hydrogen (secondary N) is 1. The second-order valence-electron chi connectivity index (χ2n) is 4.77. The minimum absolute atomic E-state index is 0.0174. The summed E-state index contributed by atoms with van der Waals surface area (Å²) in [5, 5.41) is 12.6. The van der Waals surface area contributed by atoms with Gasteiger partial charge in [0.1, 0.15) is 0 Å². The molecule has 0 amide bonds. The van der Waals surface area contributed by atoms with Crippen LogP contribution in [0.5, 0.6) is 0 Å². The maximum Gasteiger partial charge on any atom is 0.171 e. The summed E-state index contributed by atoms with van der Waals surface area (Å²) in [5.41, 5.74) is 0.0174. The molecule has 2 N–H and O–H groups in total. The number of aliphatic hydroxyl groups is 1. The number of hydrogen-bond donors (Lipinski definition) is 2. The SMILES string of the molecule is CC(C)(C)C(CCO)Nc1nccnc1Cl. The highest BCUT2D eigenvalue weighted by Gasteiger charge is 2.25. The molecule has 16 heavy (non-hydrogen) atoms. The molecule has 0 aromatic carbocycles. The fourth-order valence-electron chi connectivity index (χ4n) is 1.43. The molecule has 90 valence electrons. The van der Waals surface area contributed by atoms with Gasteiger partial charge in [-0.1, -0.05) is 32.4 Å². The van der Waals surface area contributed by atoms with Gasteiger partial charge in [-0.05, 0) is 11.8 Å². The molecule has 0 saturated carbocycles. The highest BCUT2D eigenvalue weighted by atomic mass is 35.5. The lowest BCUT2D eigenvalue weighted by molar-refractivity contribution is 0.235. The van der Waals surface area contributed by atoms with Crippen molar-refractivity contribution >= 4 is 17.4 Å². The molecule has 1 aromatic rings. The number of anilines is 1. The van der Waals surface area contributed by atoms with E-state index < -0.39 is 0 Å². The summed E-state index contributed by atoms with van der Waals surface area (Å²) in [6.45, 7) is 6.44. The van der Waals surface area contributed by atoms with Crippen LogP contribution in [0.15, 0.2) is 12.4 Å². The van der Waals surface area contributed by atoms with Crippen molar-refractivity contribution in [2.24, 2.45) is 5.41 Å². The van der Waals surface area contributed by atoms with Crippen LogP contribution in [0.4, 0.5) is 5.82 Å². The minimum Gasteiger partial charge on any atom is -0.396 e. The van der Waals surface area contributed by atoms with E-state index in [4.69, 9.17) is 16.7 Å². The van der Waals surface area contributed by atoms with Crippen LogP contribution in [0.1, 0.15) is 27.2 Å². The summed E-state index contributed by atoms with van der Waals surface area (Å²) >= 11 is 5.92. The number of rotatable bonds is 4. The van der Waals surface area contributed by atoms with Crippen molar-refractivity contribution < 1.29 is 5.11 Å². The van der Waals surface area contributed by atoms with Crippen LogP contribution in [0.3, 0.4) is 0 Å². The second-order valence-corrected chi connectivity index (χ2v) is 5.13. The Bertz CT molecular complexity index is 338. The highest BCUT2D eigenvalue weighted by Crippen LogP contribution is 2.26. The van der Waals surface area contributed by atoms with Crippen molar-refractivity contribution in [3.05, 3.63) is 17.5 Å². The van der Waals surface area contributed by atoms with Crippen LogP contribution in [0.2, 0.25) is 5.15 Å². The zero-order chi connectivity index (χ0) is 12.2. The Morgan fingerprint density at radius 1 is 1.38 bits per heavy atom. The van der Waals surface area contributed by atoms with Crippen LogP contribution in [-0.2, 0) is 0 Å². The molecule has 1 aromatic heterocycles. The molecule has 0 aliphatic carbocycles. The molecule has 1 rings (SSSR count). The largest absolute Gasteiger partial charge is 0.396 e. The summed E-state index contributed by atoms with van der Waals surface area (Å²) in [4.78, 5) is 8.08. The quantitative estimate of drug-likeness (QED) is 0.852. The van der Waals surface area contributed by atoms with Crippen molar-refractivity contribution in [1.29, 1.82) is 0 Å². The van der Waals surface area contributed by atoms with Crippen LogP contribution in [-0.4, -0.2) is 27.7 Å². The topological polar surface area (TPSA) is 58.0 Å². The number of aromatic nitrogens is 2. The first-order valence-electron chi connectivity index (χ1n) is 5.29. The fourth-order valence-corrected chi connectivity index (χ4v) is 1.59. The van der Waals surface area contributed by atoms with Gasteiger partial charge in [0.15, 0.2) is 11.0 Å². The molecule has 1 unspecified atom stereocenters. The van der Waals surface area contributed by atoms with Crippen molar-refractivity contribution in [3.63, 3.8) is 0 Å². The molecular weight excluding hydrogens is 226 g/mol. The Hall–Kier alpha value is -0.870. The average molecular weight is 244 g/mol. The van der Waals surface area contributed by atoms with Gasteiger partial charge in [0.25, 0.3) is 0 Å². The van der Waals surface area contributed by atoms with Crippen molar-refractivity contribution in [2.45, 2.75) is 33.2 Å². The highest BCUT2D eigenvalue weighted by molar-refractivity contribution is 6.31. The van der Waals surface area contributed by atoms with Crippen molar-refractivity contribution in [2.75, 3.05) is 11.9 Å². The molecule has 0 radical (unpaired) electrons. The maximum absolute atomic E-state index is 9.04. The van der Waals surface area contributed by atoms with E-state index in [0.29, 0.717) is 17.4 Å². The standard InChI is InChI=1S/C11H18ClN3O/c1-11(2,3)8(4-7-16)15-10-9(12)13-5-6-14-10/h5-6,8,16H,4,7H2,1-3H3,(H,14,15). The summed E-state index contributed by atoms with van der Waals surface area (Å²) in [5.74, 6) is 0.567. The molecule has 1 heterocycles. The van der Waals surface area contributed by atoms with E-state index >= 15 is 0 Å². The third-order valence-electron chi connectivity index (χ3n) is 2.43. The zero-order valence-electron chi connectivity index (χ0n) is 9.87. The van der Waals surface area contributed by atoms with E-state index in [0.717, 1.165) is 0 Å². The molecule has 0 saturated heterocycles. The van der Waals surface area contributed by atoms with Gasteiger partial charge < -0.3 is 10.4 Å². The zero-order valence-corrected chi connectivity index (χ0v) is 10.6. The van der Waals surface area contributed by atoms with E-state index in [1.807, 2.05) is 0 Å². The molecule has 0 aliphatic heterocycles. The first-order valence-corrected chi connectivity index (χ1v) is 5.67. The van der Waals surface area contributed by atoms with Gasteiger partial charge in [0.2, 0.25) is 0 Å². The van der Waals surface area contributed by atoms with Gasteiger partial charge in [-0.25, -0.2) is 9.97 Å². The molecule has 1 atom stereocenters. The predicted molar refractivity (Wildman–Crippen MR) is 65.6 cm³/mol. The Kier molecular flexibility index (Phi) is 4.50. The Labute approximate surface area is 101 Å². The molecule has 0 spiro atoms. The van der Waals surface area contributed by atoms with Gasteiger partial charge in [-0.2, -0.15) is 0 Å². The molecule has 0 fully saturated rings. The van der Waals surface area contributed by atoms with Crippen molar-refractivity contribution in [1.82, 2.24) is 9.97 Å². The number of hydrogen-bond acceptors (Lipinski definition) is 4. The molecule has 4 nitrogen and oxygen atoms in total. The first kappa shape index (κ1) is 13.2. The lowest BCUT2D eigenvalue weighted by Gasteiger charge is -2.31. The monoisotopic (exact) mass is 243 g/mol. The summed E-state index contributed by atoms with van der Waals surface area (Å²) < 4.78 is 0.